The molecule has 1 fully saturated rings. The van der Waals surface area contributed by atoms with Crippen molar-refractivity contribution in [2.75, 3.05) is 31.1 Å². The van der Waals surface area contributed by atoms with Gasteiger partial charge in [-0.05, 0) is 29.2 Å². The molecule has 0 bridgehead atoms. The fourth-order valence-electron chi connectivity index (χ4n) is 3.40. The summed E-state index contributed by atoms with van der Waals surface area (Å²) >= 11 is 0. The van der Waals surface area contributed by atoms with Gasteiger partial charge in [-0.1, -0.05) is 39.0 Å². The standard InChI is InChI=1S/C21H23F3N2O/c1-21(2,3)15-6-4-5-7-17(15)25-10-12-26(13-11-25)20(27)14-8-9-16(22)19(24)18(14)23/h4-9H,10-13H2,1-3H3. The average molecular weight is 376 g/mol. The minimum absolute atomic E-state index is 0.0156. The topological polar surface area (TPSA) is 23.6 Å². The second-order valence-corrected chi connectivity index (χ2v) is 7.77. The van der Waals surface area contributed by atoms with Gasteiger partial charge in [-0.3, -0.25) is 4.79 Å². The number of amides is 1. The number of carbonyl (C=O) groups is 1. The second-order valence-electron chi connectivity index (χ2n) is 7.77. The Bertz CT molecular complexity index is 853. The van der Waals surface area contributed by atoms with E-state index in [1.807, 2.05) is 12.1 Å². The Hall–Kier alpha value is -2.50. The molecule has 3 nitrogen and oxygen atoms in total. The monoisotopic (exact) mass is 376 g/mol. The first-order valence-electron chi connectivity index (χ1n) is 8.97. The van der Waals surface area contributed by atoms with Crippen LogP contribution in [0.15, 0.2) is 36.4 Å². The van der Waals surface area contributed by atoms with Gasteiger partial charge >= 0.3 is 0 Å². The van der Waals surface area contributed by atoms with E-state index in [1.54, 1.807) is 0 Å². The molecule has 0 saturated carbocycles. The molecule has 3 rings (SSSR count). The minimum Gasteiger partial charge on any atom is -0.368 e. The number of benzene rings is 2. The van der Waals surface area contributed by atoms with Gasteiger partial charge in [0.05, 0.1) is 5.56 Å². The Morgan fingerprint density at radius 2 is 1.52 bits per heavy atom. The molecule has 2 aromatic carbocycles. The highest BCUT2D eigenvalue weighted by atomic mass is 19.2. The molecular formula is C21H23F3N2O. The molecule has 6 heteroatoms. The third-order valence-electron chi connectivity index (χ3n) is 4.89. The molecular weight excluding hydrogens is 353 g/mol. The molecule has 27 heavy (non-hydrogen) atoms. The number of hydrogen-bond donors (Lipinski definition) is 0. The van der Waals surface area contributed by atoms with E-state index in [1.165, 1.54) is 10.5 Å². The Labute approximate surface area is 157 Å². The number of piperazine rings is 1. The van der Waals surface area contributed by atoms with Gasteiger partial charge in [0.15, 0.2) is 17.5 Å². The number of para-hydroxylation sites is 1. The van der Waals surface area contributed by atoms with Crippen LogP contribution in [-0.4, -0.2) is 37.0 Å². The molecule has 1 saturated heterocycles. The maximum atomic E-state index is 13.9. The summed E-state index contributed by atoms with van der Waals surface area (Å²) in [7, 11) is 0. The molecule has 0 spiro atoms. The van der Waals surface area contributed by atoms with Crippen LogP contribution < -0.4 is 4.90 Å². The van der Waals surface area contributed by atoms with Crippen molar-refractivity contribution in [1.82, 2.24) is 4.90 Å². The zero-order chi connectivity index (χ0) is 19.8. The summed E-state index contributed by atoms with van der Waals surface area (Å²) < 4.78 is 40.4. The summed E-state index contributed by atoms with van der Waals surface area (Å²) in [5.74, 6) is -4.96. The zero-order valence-electron chi connectivity index (χ0n) is 15.7. The highest BCUT2D eigenvalue weighted by Gasteiger charge is 2.28. The van der Waals surface area contributed by atoms with Gasteiger partial charge < -0.3 is 9.80 Å². The smallest absolute Gasteiger partial charge is 0.257 e. The molecule has 0 N–H and O–H groups in total. The molecule has 1 aliphatic heterocycles. The highest BCUT2D eigenvalue weighted by Crippen LogP contribution is 2.32. The van der Waals surface area contributed by atoms with Gasteiger partial charge in [0.25, 0.3) is 5.91 Å². The lowest BCUT2D eigenvalue weighted by Gasteiger charge is -2.38. The molecule has 1 amide bonds. The molecule has 1 heterocycles. The Morgan fingerprint density at radius 1 is 0.889 bits per heavy atom. The summed E-state index contributed by atoms with van der Waals surface area (Å²) in [5.41, 5.74) is 1.89. The number of rotatable bonds is 2. The van der Waals surface area contributed by atoms with Gasteiger partial charge in [0, 0.05) is 31.9 Å². The molecule has 0 aromatic heterocycles. The van der Waals surface area contributed by atoms with Gasteiger partial charge in [-0.25, -0.2) is 13.2 Å². The number of anilines is 1. The summed E-state index contributed by atoms with van der Waals surface area (Å²) in [6.07, 6.45) is 0. The Kier molecular flexibility index (Phi) is 5.18. The van der Waals surface area contributed by atoms with Crippen LogP contribution in [0, 0.1) is 17.5 Å². The maximum absolute atomic E-state index is 13.9. The number of hydrogen-bond acceptors (Lipinski definition) is 2. The van der Waals surface area contributed by atoms with Gasteiger partial charge in [0.2, 0.25) is 0 Å². The summed E-state index contributed by atoms with van der Waals surface area (Å²) in [4.78, 5) is 16.2. The van der Waals surface area contributed by atoms with Crippen molar-refractivity contribution in [3.63, 3.8) is 0 Å². The van der Waals surface area contributed by atoms with E-state index in [4.69, 9.17) is 0 Å². The van der Waals surface area contributed by atoms with Gasteiger partial charge in [0.1, 0.15) is 0 Å². The first kappa shape index (κ1) is 19.3. The molecule has 0 atom stereocenters. The van der Waals surface area contributed by atoms with Crippen molar-refractivity contribution in [3.8, 4) is 0 Å². The molecule has 144 valence electrons. The number of halogens is 3. The summed E-state index contributed by atoms with van der Waals surface area (Å²) in [6, 6.07) is 9.93. The molecule has 0 aliphatic carbocycles. The van der Waals surface area contributed by atoms with Crippen molar-refractivity contribution in [2.45, 2.75) is 26.2 Å². The van der Waals surface area contributed by atoms with E-state index in [-0.39, 0.29) is 5.41 Å². The number of nitrogens with zero attached hydrogens (tertiary/aromatic N) is 2. The SMILES string of the molecule is CC(C)(C)c1ccccc1N1CCN(C(=O)c2ccc(F)c(F)c2F)CC1. The van der Waals surface area contributed by atoms with E-state index >= 15 is 0 Å². The van der Waals surface area contributed by atoms with Crippen LogP contribution in [0.2, 0.25) is 0 Å². The first-order chi connectivity index (χ1) is 12.7. The number of carbonyl (C=O) groups excluding carboxylic acids is 1. The Balaban J connectivity index is 1.75. The lowest BCUT2D eigenvalue weighted by atomic mass is 9.85. The maximum Gasteiger partial charge on any atom is 0.257 e. The predicted molar refractivity (Wildman–Crippen MR) is 99.6 cm³/mol. The van der Waals surface area contributed by atoms with Crippen molar-refractivity contribution in [3.05, 3.63) is 65.0 Å². The molecule has 1 aliphatic rings. The minimum atomic E-state index is -1.61. The van der Waals surface area contributed by atoms with Crippen molar-refractivity contribution >= 4 is 11.6 Å². The van der Waals surface area contributed by atoms with Crippen LogP contribution in [0.25, 0.3) is 0 Å². The van der Waals surface area contributed by atoms with Gasteiger partial charge in [-0.2, -0.15) is 0 Å². The average Bonchev–Trinajstić information content (AvgIpc) is 2.65. The predicted octanol–water partition coefficient (Wildman–Crippen LogP) is 4.36. The molecule has 2 aromatic rings. The zero-order valence-corrected chi connectivity index (χ0v) is 15.7. The Morgan fingerprint density at radius 3 is 2.15 bits per heavy atom. The van der Waals surface area contributed by atoms with Gasteiger partial charge in [-0.15, -0.1) is 0 Å². The lowest BCUT2D eigenvalue weighted by molar-refractivity contribution is 0.0740. The first-order valence-corrected chi connectivity index (χ1v) is 8.97. The third kappa shape index (κ3) is 3.80. The fraction of sp³-hybridized carbons (Fsp3) is 0.381. The molecule has 0 unspecified atom stereocenters. The van der Waals surface area contributed by atoms with E-state index in [0.29, 0.717) is 26.2 Å². The van der Waals surface area contributed by atoms with E-state index in [9.17, 15) is 18.0 Å². The van der Waals surface area contributed by atoms with Crippen LogP contribution in [0.4, 0.5) is 18.9 Å². The van der Waals surface area contributed by atoms with Crippen LogP contribution in [0.3, 0.4) is 0 Å². The van der Waals surface area contributed by atoms with Crippen molar-refractivity contribution in [2.24, 2.45) is 0 Å². The second kappa shape index (κ2) is 7.25. The van der Waals surface area contributed by atoms with Crippen LogP contribution in [0.5, 0.6) is 0 Å². The summed E-state index contributed by atoms with van der Waals surface area (Å²) in [5, 5.41) is 0. The quantitative estimate of drug-likeness (QED) is 0.727. The fourth-order valence-corrected chi connectivity index (χ4v) is 3.40. The van der Waals surface area contributed by atoms with Crippen LogP contribution in [0.1, 0.15) is 36.7 Å². The van der Waals surface area contributed by atoms with Crippen molar-refractivity contribution in [1.29, 1.82) is 0 Å². The summed E-state index contributed by atoms with van der Waals surface area (Å²) in [6.45, 7) is 8.39. The van der Waals surface area contributed by atoms with Crippen LogP contribution >= 0.6 is 0 Å². The highest BCUT2D eigenvalue weighted by molar-refractivity contribution is 5.94. The van der Waals surface area contributed by atoms with Crippen molar-refractivity contribution < 1.29 is 18.0 Å². The molecule has 0 radical (unpaired) electrons. The largest absolute Gasteiger partial charge is 0.368 e. The van der Waals surface area contributed by atoms with E-state index < -0.39 is 28.9 Å². The van der Waals surface area contributed by atoms with E-state index in [0.717, 1.165) is 17.8 Å². The van der Waals surface area contributed by atoms with E-state index in [2.05, 4.69) is 37.8 Å². The normalized spacial score (nSPS) is 15.2. The lowest BCUT2D eigenvalue weighted by Crippen LogP contribution is -2.49. The third-order valence-corrected chi connectivity index (χ3v) is 4.89. The van der Waals surface area contributed by atoms with Crippen LogP contribution in [-0.2, 0) is 5.41 Å².